The Hall–Kier alpha value is -1.77. The highest BCUT2D eigenvalue weighted by Crippen LogP contribution is 2.06. The van der Waals surface area contributed by atoms with Crippen molar-refractivity contribution in [3.63, 3.8) is 0 Å². The second kappa shape index (κ2) is 21.5. The maximum atomic E-state index is 11.2. The van der Waals surface area contributed by atoms with Crippen molar-refractivity contribution in [2.24, 2.45) is 17.2 Å². The Morgan fingerprint density at radius 1 is 0.829 bits per heavy atom. The van der Waals surface area contributed by atoms with Gasteiger partial charge in [-0.2, -0.15) is 0 Å². The molecule has 0 amide bonds. The van der Waals surface area contributed by atoms with Gasteiger partial charge in [0.2, 0.25) is 0 Å². The number of carboxylic acids is 2. The molecule has 2 aromatic carbocycles. The van der Waals surface area contributed by atoms with Crippen molar-refractivity contribution in [1.29, 1.82) is 0 Å². The molecule has 0 saturated heterocycles. The van der Waals surface area contributed by atoms with Crippen molar-refractivity contribution in [1.82, 2.24) is 0 Å². The van der Waals surface area contributed by atoms with Crippen LogP contribution in [0.25, 0.3) is 0 Å². The number of carbonyl (C=O) groups is 2. The summed E-state index contributed by atoms with van der Waals surface area (Å²) >= 11 is -0.600. The summed E-state index contributed by atoms with van der Waals surface area (Å²) in [5.74, 6) is 0.373. The molecule has 9 nitrogen and oxygen atoms in total. The second-order valence-electron chi connectivity index (χ2n) is 6.98. The Morgan fingerprint density at radius 3 is 1.54 bits per heavy atom. The Kier molecular flexibility index (Phi) is 20.4. The van der Waals surface area contributed by atoms with Crippen LogP contribution in [-0.2, 0) is 43.4 Å². The van der Waals surface area contributed by atoms with E-state index in [0.29, 0.717) is 36.1 Å². The van der Waals surface area contributed by atoms with Gasteiger partial charge in [-0.15, -0.1) is 11.8 Å². The van der Waals surface area contributed by atoms with E-state index in [1.807, 2.05) is 60.7 Å². The third kappa shape index (κ3) is 20.2. The summed E-state index contributed by atoms with van der Waals surface area (Å²) in [5.41, 5.74) is 17.9. The molecular formula is C23H35N3O6S3. The molecule has 196 valence electrons. The van der Waals surface area contributed by atoms with Gasteiger partial charge >= 0.3 is 11.9 Å². The molecule has 0 saturated carbocycles. The highest BCUT2D eigenvalue weighted by Gasteiger charge is 2.11. The lowest BCUT2D eigenvalue weighted by Crippen LogP contribution is -2.32. The monoisotopic (exact) mass is 545 g/mol. The highest BCUT2D eigenvalue weighted by molar-refractivity contribution is 8.00. The maximum absolute atomic E-state index is 11.2. The van der Waals surface area contributed by atoms with Crippen LogP contribution in [0.15, 0.2) is 60.7 Å². The first kappa shape index (κ1) is 33.2. The average Bonchev–Trinajstić information content (AvgIpc) is 2.81. The number of hydrogen-bond donors (Lipinski definition) is 5. The van der Waals surface area contributed by atoms with Crippen molar-refractivity contribution < 1.29 is 28.9 Å². The molecule has 0 spiro atoms. The van der Waals surface area contributed by atoms with E-state index in [0.717, 1.165) is 22.9 Å². The van der Waals surface area contributed by atoms with Gasteiger partial charge < -0.3 is 36.5 Å². The van der Waals surface area contributed by atoms with Crippen molar-refractivity contribution in [3.8, 4) is 0 Å². The summed E-state index contributed by atoms with van der Waals surface area (Å²) in [5, 5.41) is 16.4. The first-order valence-electron chi connectivity index (χ1n) is 10.6. The molecule has 0 heterocycles. The van der Waals surface area contributed by atoms with E-state index in [1.54, 1.807) is 0 Å². The smallest absolute Gasteiger partial charge is 0.321 e. The van der Waals surface area contributed by atoms with E-state index < -0.39 is 40.3 Å². The molecule has 0 bridgehead atoms. The molecule has 12 heteroatoms. The fourth-order valence-electron chi connectivity index (χ4n) is 2.27. The number of carboxylic acid groups (broad SMARTS) is 2. The van der Waals surface area contributed by atoms with E-state index in [9.17, 15) is 18.7 Å². The lowest BCUT2D eigenvalue weighted by atomic mass is 10.2. The van der Waals surface area contributed by atoms with Gasteiger partial charge in [-0.1, -0.05) is 60.7 Å². The van der Waals surface area contributed by atoms with E-state index in [4.69, 9.17) is 27.4 Å². The van der Waals surface area contributed by atoms with Crippen LogP contribution < -0.4 is 17.2 Å². The van der Waals surface area contributed by atoms with Gasteiger partial charge in [-0.05, 0) is 22.4 Å². The first-order chi connectivity index (χ1) is 16.7. The summed E-state index contributed by atoms with van der Waals surface area (Å²) < 4.78 is 22.5. The van der Waals surface area contributed by atoms with Gasteiger partial charge in [0.05, 0.1) is 5.75 Å². The molecule has 35 heavy (non-hydrogen) atoms. The Morgan fingerprint density at radius 2 is 1.23 bits per heavy atom. The molecule has 2 aromatic rings. The fourth-order valence-corrected chi connectivity index (χ4v) is 4.90. The number of thioether (sulfide) groups is 1. The number of aliphatic carboxylic acids is 2. The summed E-state index contributed by atoms with van der Waals surface area (Å²) in [4.78, 5) is 20.0. The predicted octanol–water partition coefficient (Wildman–Crippen LogP) is 1.00. The molecule has 2 rings (SSSR count). The van der Waals surface area contributed by atoms with Crippen LogP contribution >= 0.6 is 11.8 Å². The number of hydrogen-bond acceptors (Lipinski definition) is 8. The zero-order valence-corrected chi connectivity index (χ0v) is 21.9. The van der Waals surface area contributed by atoms with Crippen LogP contribution in [0.2, 0.25) is 0 Å². The zero-order valence-electron chi connectivity index (χ0n) is 19.5. The topological polar surface area (TPSA) is 199 Å². The van der Waals surface area contributed by atoms with E-state index in [-0.39, 0.29) is 11.5 Å². The van der Waals surface area contributed by atoms with Gasteiger partial charge in [0, 0.05) is 30.0 Å². The SMILES string of the molecule is NC(CSCC(=O)O)C(=O)O.NCC[S+]([O-])Cc1ccccc1.NCC[S+]([O-])Cc1ccccc1. The summed E-state index contributed by atoms with van der Waals surface area (Å²) in [6, 6.07) is 18.7. The van der Waals surface area contributed by atoms with E-state index in [2.05, 4.69) is 0 Å². The highest BCUT2D eigenvalue weighted by atomic mass is 32.2. The van der Waals surface area contributed by atoms with E-state index in [1.165, 1.54) is 0 Å². The minimum Gasteiger partial charge on any atom is -0.616 e. The van der Waals surface area contributed by atoms with Crippen molar-refractivity contribution in [2.45, 2.75) is 17.5 Å². The van der Waals surface area contributed by atoms with Crippen molar-refractivity contribution >= 4 is 46.1 Å². The van der Waals surface area contributed by atoms with Gasteiger partial charge in [-0.25, -0.2) is 0 Å². The fraction of sp³-hybridized carbons (Fsp3) is 0.391. The quantitative estimate of drug-likeness (QED) is 0.226. The molecule has 0 radical (unpaired) electrons. The Labute approximate surface area is 217 Å². The molecular weight excluding hydrogens is 510 g/mol. The van der Waals surface area contributed by atoms with Gasteiger partial charge in [-0.3, -0.25) is 9.59 Å². The van der Waals surface area contributed by atoms with Gasteiger partial charge in [0.25, 0.3) is 0 Å². The maximum Gasteiger partial charge on any atom is 0.321 e. The summed E-state index contributed by atoms with van der Waals surface area (Å²) in [6.45, 7) is 0.999. The van der Waals surface area contributed by atoms with Crippen molar-refractivity contribution in [3.05, 3.63) is 71.8 Å². The van der Waals surface area contributed by atoms with Crippen LogP contribution in [0.4, 0.5) is 0 Å². The third-order valence-electron chi connectivity index (χ3n) is 3.87. The number of nitrogens with two attached hydrogens (primary N) is 3. The minimum atomic E-state index is -1.11. The Balaban J connectivity index is 0.000000496. The third-order valence-corrected chi connectivity index (χ3v) is 7.61. The van der Waals surface area contributed by atoms with Gasteiger partial charge in [0.15, 0.2) is 0 Å². The largest absolute Gasteiger partial charge is 0.616 e. The van der Waals surface area contributed by atoms with Crippen LogP contribution in [-0.4, -0.2) is 73.4 Å². The lowest BCUT2D eigenvalue weighted by Gasteiger charge is -2.08. The molecule has 0 aliphatic heterocycles. The zero-order chi connectivity index (χ0) is 26.5. The predicted molar refractivity (Wildman–Crippen MR) is 145 cm³/mol. The average molecular weight is 546 g/mol. The number of benzene rings is 2. The second-order valence-corrected chi connectivity index (χ2v) is 11.2. The standard InChI is InChI=1S/2C9H13NOS.C5H9NO4S/c2*10-6-7-12(11)8-9-4-2-1-3-5-9;6-3(5(9)10)1-11-2-4(7)8/h2*1-5H,6-8,10H2;3H,1-2,6H2,(H,7,8)(H,9,10). The van der Waals surface area contributed by atoms with Crippen molar-refractivity contribution in [2.75, 3.05) is 36.1 Å². The molecule has 0 aliphatic carbocycles. The normalized spacial score (nSPS) is 12.7. The minimum absolute atomic E-state index is 0.110. The van der Waals surface area contributed by atoms with Crippen LogP contribution in [0, 0.1) is 0 Å². The van der Waals surface area contributed by atoms with Crippen LogP contribution in [0.5, 0.6) is 0 Å². The lowest BCUT2D eigenvalue weighted by molar-refractivity contribution is -0.138. The molecule has 0 fully saturated rings. The van der Waals surface area contributed by atoms with Crippen LogP contribution in [0.1, 0.15) is 11.1 Å². The molecule has 3 unspecified atom stereocenters. The summed E-state index contributed by atoms with van der Waals surface area (Å²) in [7, 11) is 0. The first-order valence-corrected chi connectivity index (χ1v) is 14.8. The van der Waals surface area contributed by atoms with Gasteiger partial charge in [0.1, 0.15) is 29.1 Å². The Bertz CT molecular complexity index is 756. The molecule has 0 aliphatic rings. The molecule has 8 N–H and O–H groups in total. The molecule has 3 atom stereocenters. The van der Waals surface area contributed by atoms with Crippen LogP contribution in [0.3, 0.4) is 0 Å². The summed E-state index contributed by atoms with van der Waals surface area (Å²) in [6.07, 6.45) is 0. The number of rotatable bonds is 13. The molecule has 0 aromatic heterocycles. The van der Waals surface area contributed by atoms with E-state index >= 15 is 0 Å².